The van der Waals surface area contributed by atoms with E-state index in [4.69, 9.17) is 20.3 Å². The van der Waals surface area contributed by atoms with Gasteiger partial charge in [-0.1, -0.05) is 24.6 Å². The summed E-state index contributed by atoms with van der Waals surface area (Å²) in [6, 6.07) is 14.1. The summed E-state index contributed by atoms with van der Waals surface area (Å²) in [4.78, 5) is 12.3. The molecule has 0 bridgehead atoms. The van der Waals surface area contributed by atoms with Gasteiger partial charge in [0.1, 0.15) is 11.4 Å². The van der Waals surface area contributed by atoms with Crippen LogP contribution in [0.3, 0.4) is 0 Å². The Morgan fingerprint density at radius 1 is 1.15 bits per heavy atom. The number of aromatic nitrogens is 2. The molecule has 1 aromatic heterocycles. The molecule has 3 N–H and O–H groups in total. The van der Waals surface area contributed by atoms with Crippen molar-refractivity contribution in [2.45, 2.75) is 57.2 Å². The van der Waals surface area contributed by atoms with Crippen molar-refractivity contribution in [1.29, 1.82) is 0 Å². The highest BCUT2D eigenvalue weighted by atomic mass is 16.5. The first-order valence-electron chi connectivity index (χ1n) is 12.1. The summed E-state index contributed by atoms with van der Waals surface area (Å²) in [5.41, 5.74) is 8.71. The molecule has 2 saturated heterocycles. The summed E-state index contributed by atoms with van der Waals surface area (Å²) in [5, 5.41) is 9.27. The Hall–Kier alpha value is -2.90. The summed E-state index contributed by atoms with van der Waals surface area (Å²) in [5.74, 6) is 0.342. The van der Waals surface area contributed by atoms with Crippen LogP contribution >= 0.6 is 0 Å². The van der Waals surface area contributed by atoms with Crippen molar-refractivity contribution in [3.05, 3.63) is 48.0 Å². The second-order valence-corrected chi connectivity index (χ2v) is 8.99. The summed E-state index contributed by atoms with van der Waals surface area (Å²) < 4.78 is 14.0. The number of carbonyl (C=O) groups excluding carboxylic acids is 1. The molecule has 7 nitrogen and oxygen atoms in total. The topological polar surface area (TPSA) is 91.4 Å². The number of nitrogens with one attached hydrogen (secondary N) is 1. The fourth-order valence-electron chi connectivity index (χ4n) is 4.96. The van der Waals surface area contributed by atoms with Gasteiger partial charge < -0.3 is 20.5 Å². The molecule has 2 atom stereocenters. The van der Waals surface area contributed by atoms with E-state index >= 15 is 0 Å². The van der Waals surface area contributed by atoms with E-state index in [0.29, 0.717) is 18.2 Å². The van der Waals surface area contributed by atoms with Gasteiger partial charge in [-0.25, -0.2) is 4.68 Å². The number of nitrogens with zero attached hydrogens (tertiary/aromatic N) is 2. The smallest absolute Gasteiger partial charge is 0.249 e. The number of carbonyl (C=O) groups is 1. The number of benzene rings is 2. The zero-order chi connectivity index (χ0) is 22.6. The number of nitrogens with two attached hydrogens (primary N) is 1. The molecule has 5 rings (SSSR count). The lowest BCUT2D eigenvalue weighted by Crippen LogP contribution is -2.35. The molecular formula is C26H32N4O3. The predicted molar refractivity (Wildman–Crippen MR) is 128 cm³/mol. The molecule has 2 aliphatic rings. The van der Waals surface area contributed by atoms with Gasteiger partial charge in [0.25, 0.3) is 0 Å². The SMILES string of the molecule is NC(=O)c1cccc2c1c(-c1cccc(OCCC3CCCCN3)c1)nn2C1CCCCO1. The molecule has 2 fully saturated rings. The first kappa shape index (κ1) is 21.9. The van der Waals surface area contributed by atoms with Crippen molar-refractivity contribution in [3.63, 3.8) is 0 Å². The van der Waals surface area contributed by atoms with Crippen LogP contribution in [-0.4, -0.2) is 41.5 Å². The fraction of sp³-hybridized carbons (Fsp3) is 0.462. The molecule has 2 aromatic carbocycles. The molecule has 2 unspecified atom stereocenters. The van der Waals surface area contributed by atoms with Crippen LogP contribution in [0.15, 0.2) is 42.5 Å². The van der Waals surface area contributed by atoms with Crippen LogP contribution in [0.4, 0.5) is 0 Å². The minimum atomic E-state index is -0.460. The van der Waals surface area contributed by atoms with Gasteiger partial charge in [0.2, 0.25) is 5.91 Å². The lowest BCUT2D eigenvalue weighted by atomic mass is 10.0. The number of hydrogen-bond acceptors (Lipinski definition) is 5. The third-order valence-electron chi connectivity index (χ3n) is 6.68. The molecule has 2 aliphatic heterocycles. The molecule has 1 amide bonds. The second kappa shape index (κ2) is 9.93. The first-order chi connectivity index (χ1) is 16.2. The zero-order valence-electron chi connectivity index (χ0n) is 19.0. The van der Waals surface area contributed by atoms with Gasteiger partial charge in [0, 0.05) is 23.6 Å². The molecule has 0 aliphatic carbocycles. The molecule has 0 saturated carbocycles. The van der Waals surface area contributed by atoms with Crippen LogP contribution in [-0.2, 0) is 4.74 Å². The largest absolute Gasteiger partial charge is 0.494 e. The quantitative estimate of drug-likeness (QED) is 0.559. The van der Waals surface area contributed by atoms with E-state index in [1.165, 1.54) is 19.3 Å². The molecule has 0 spiro atoms. The van der Waals surface area contributed by atoms with Crippen molar-refractivity contribution in [2.24, 2.45) is 5.73 Å². The number of primary amides is 1. The average Bonchev–Trinajstić information content (AvgIpc) is 3.25. The number of rotatable bonds is 7. The zero-order valence-corrected chi connectivity index (χ0v) is 19.0. The lowest BCUT2D eigenvalue weighted by Gasteiger charge is -2.23. The minimum Gasteiger partial charge on any atom is -0.494 e. The van der Waals surface area contributed by atoms with Gasteiger partial charge in [0.05, 0.1) is 17.7 Å². The standard InChI is InChI=1S/C26H32N4O3/c27-26(31)21-10-6-11-22-24(21)25(29-30(22)23-12-2-4-15-33-23)18-7-5-9-20(17-18)32-16-13-19-8-1-3-14-28-19/h5-7,9-11,17,19,23,28H,1-4,8,12-16H2,(H2,27,31). The van der Waals surface area contributed by atoms with E-state index in [-0.39, 0.29) is 6.23 Å². The number of amides is 1. The minimum absolute atomic E-state index is 0.138. The highest BCUT2D eigenvalue weighted by Crippen LogP contribution is 2.35. The van der Waals surface area contributed by atoms with Gasteiger partial charge >= 0.3 is 0 Å². The van der Waals surface area contributed by atoms with Crippen molar-refractivity contribution in [2.75, 3.05) is 19.8 Å². The number of hydrogen-bond donors (Lipinski definition) is 2. The summed E-state index contributed by atoms with van der Waals surface area (Å²) >= 11 is 0. The molecular weight excluding hydrogens is 416 g/mol. The van der Waals surface area contributed by atoms with Crippen LogP contribution in [0.5, 0.6) is 5.75 Å². The summed E-state index contributed by atoms with van der Waals surface area (Å²) in [6.07, 6.45) is 7.67. The molecule has 174 valence electrons. The Kier molecular flexibility index (Phi) is 6.60. The van der Waals surface area contributed by atoms with Crippen LogP contribution < -0.4 is 15.8 Å². The van der Waals surface area contributed by atoms with E-state index in [9.17, 15) is 4.79 Å². The maximum atomic E-state index is 12.3. The molecule has 33 heavy (non-hydrogen) atoms. The van der Waals surface area contributed by atoms with Gasteiger partial charge in [-0.15, -0.1) is 0 Å². The van der Waals surface area contributed by atoms with Crippen molar-refractivity contribution >= 4 is 16.8 Å². The van der Waals surface area contributed by atoms with E-state index in [2.05, 4.69) is 5.32 Å². The lowest BCUT2D eigenvalue weighted by molar-refractivity contribution is -0.0365. The highest BCUT2D eigenvalue weighted by Gasteiger charge is 2.24. The van der Waals surface area contributed by atoms with Gasteiger partial charge in [-0.3, -0.25) is 4.79 Å². The van der Waals surface area contributed by atoms with Crippen molar-refractivity contribution in [1.82, 2.24) is 15.1 Å². The van der Waals surface area contributed by atoms with Crippen LogP contribution in [0.2, 0.25) is 0 Å². The van der Waals surface area contributed by atoms with E-state index in [1.54, 1.807) is 6.07 Å². The van der Waals surface area contributed by atoms with E-state index < -0.39 is 5.91 Å². The highest BCUT2D eigenvalue weighted by molar-refractivity contribution is 6.10. The van der Waals surface area contributed by atoms with Crippen LogP contribution in [0.25, 0.3) is 22.2 Å². The Bertz CT molecular complexity index is 1110. The summed E-state index contributed by atoms with van der Waals surface area (Å²) in [7, 11) is 0. The Morgan fingerprint density at radius 2 is 2.03 bits per heavy atom. The molecule has 7 heteroatoms. The van der Waals surface area contributed by atoms with Gasteiger partial charge in [0.15, 0.2) is 6.23 Å². The van der Waals surface area contributed by atoms with Gasteiger partial charge in [-0.2, -0.15) is 5.10 Å². The third kappa shape index (κ3) is 4.75. The maximum absolute atomic E-state index is 12.3. The fourth-order valence-corrected chi connectivity index (χ4v) is 4.96. The van der Waals surface area contributed by atoms with Gasteiger partial charge in [-0.05, 0) is 69.3 Å². The second-order valence-electron chi connectivity index (χ2n) is 8.99. The third-order valence-corrected chi connectivity index (χ3v) is 6.68. The van der Waals surface area contributed by atoms with E-state index in [1.807, 2.05) is 41.1 Å². The molecule has 0 radical (unpaired) electrons. The predicted octanol–water partition coefficient (Wildman–Crippen LogP) is 4.41. The summed E-state index contributed by atoms with van der Waals surface area (Å²) in [6.45, 7) is 2.48. The Morgan fingerprint density at radius 3 is 2.82 bits per heavy atom. The maximum Gasteiger partial charge on any atom is 0.249 e. The number of ether oxygens (including phenoxy) is 2. The Balaban J connectivity index is 1.46. The van der Waals surface area contributed by atoms with Crippen LogP contribution in [0, 0.1) is 0 Å². The number of piperidine rings is 1. The van der Waals surface area contributed by atoms with Crippen molar-refractivity contribution in [3.8, 4) is 17.0 Å². The normalized spacial score (nSPS) is 21.2. The monoisotopic (exact) mass is 448 g/mol. The van der Waals surface area contributed by atoms with E-state index in [0.717, 1.165) is 66.7 Å². The molecule has 3 heterocycles. The first-order valence-corrected chi connectivity index (χ1v) is 12.1. The van der Waals surface area contributed by atoms with Crippen molar-refractivity contribution < 1.29 is 14.3 Å². The van der Waals surface area contributed by atoms with Crippen LogP contribution in [0.1, 0.15) is 61.5 Å². The molecule has 3 aromatic rings. The number of fused-ring (bicyclic) bond motifs is 1. The Labute approximate surface area is 194 Å². The average molecular weight is 449 g/mol.